The molecule has 8 nitrogen and oxygen atoms in total. The zero-order chi connectivity index (χ0) is 22.8. The molecule has 3 aromatic rings. The maximum Gasteiger partial charge on any atom is 0.276 e. The summed E-state index contributed by atoms with van der Waals surface area (Å²) in [5, 5.41) is 2.90. The van der Waals surface area contributed by atoms with Crippen LogP contribution in [-0.2, 0) is 0 Å². The van der Waals surface area contributed by atoms with Crippen LogP contribution in [0.25, 0.3) is 0 Å². The van der Waals surface area contributed by atoms with E-state index in [0.717, 1.165) is 43.8 Å². The first-order valence-electron chi connectivity index (χ1n) is 11.5. The van der Waals surface area contributed by atoms with E-state index in [4.69, 9.17) is 0 Å². The lowest BCUT2D eigenvalue weighted by molar-refractivity contribution is 0.0980. The number of hydrogen-bond donors (Lipinski definition) is 1. The molecule has 33 heavy (non-hydrogen) atoms. The molecule has 8 heteroatoms. The molecule has 0 unspecified atom stereocenters. The van der Waals surface area contributed by atoms with Crippen molar-refractivity contribution in [2.75, 3.05) is 16.8 Å². The summed E-state index contributed by atoms with van der Waals surface area (Å²) < 4.78 is 0. The standard InChI is InChI=1S/C25H26N6O2/c1-2-14-31(25(33)21-11-13-27-23(30-21)17-8-9-17)19-5-3-4-18(15-19)28-24(32)20-10-12-26-22(29-20)16-6-7-16/h3-5,10-13,15-17H,2,6-9,14H2,1H3,(H,28,32). The van der Waals surface area contributed by atoms with E-state index in [-0.39, 0.29) is 11.8 Å². The number of anilines is 2. The molecule has 0 bridgehead atoms. The van der Waals surface area contributed by atoms with Crippen LogP contribution in [0.2, 0.25) is 0 Å². The summed E-state index contributed by atoms with van der Waals surface area (Å²) in [6, 6.07) is 10.6. The number of amides is 2. The lowest BCUT2D eigenvalue weighted by Gasteiger charge is -2.22. The van der Waals surface area contributed by atoms with Crippen molar-refractivity contribution in [3.8, 4) is 0 Å². The quantitative estimate of drug-likeness (QED) is 0.557. The molecule has 1 N–H and O–H groups in total. The third-order valence-electron chi connectivity index (χ3n) is 5.79. The fraction of sp³-hybridized carbons (Fsp3) is 0.360. The molecule has 0 spiro atoms. The van der Waals surface area contributed by atoms with Gasteiger partial charge >= 0.3 is 0 Å². The van der Waals surface area contributed by atoms with Gasteiger partial charge in [0.15, 0.2) is 0 Å². The minimum atomic E-state index is -0.297. The number of hydrogen-bond acceptors (Lipinski definition) is 6. The van der Waals surface area contributed by atoms with Gasteiger partial charge in [0.2, 0.25) is 0 Å². The smallest absolute Gasteiger partial charge is 0.276 e. The summed E-state index contributed by atoms with van der Waals surface area (Å²) in [6.45, 7) is 2.56. The predicted molar refractivity (Wildman–Crippen MR) is 124 cm³/mol. The van der Waals surface area contributed by atoms with Gasteiger partial charge in [0, 0.05) is 42.1 Å². The van der Waals surface area contributed by atoms with Crippen LogP contribution in [0.5, 0.6) is 0 Å². The van der Waals surface area contributed by atoms with Crippen molar-refractivity contribution in [2.24, 2.45) is 0 Å². The van der Waals surface area contributed by atoms with E-state index < -0.39 is 0 Å². The minimum absolute atomic E-state index is 0.172. The largest absolute Gasteiger partial charge is 0.321 e. The van der Waals surface area contributed by atoms with Crippen LogP contribution >= 0.6 is 0 Å². The second-order valence-electron chi connectivity index (χ2n) is 8.61. The van der Waals surface area contributed by atoms with Crippen molar-refractivity contribution in [3.63, 3.8) is 0 Å². The second-order valence-corrected chi connectivity index (χ2v) is 8.61. The Balaban J connectivity index is 1.35. The van der Waals surface area contributed by atoms with Crippen LogP contribution in [0.1, 0.15) is 83.5 Å². The van der Waals surface area contributed by atoms with E-state index in [9.17, 15) is 9.59 Å². The van der Waals surface area contributed by atoms with Gasteiger partial charge in [-0.25, -0.2) is 19.9 Å². The van der Waals surface area contributed by atoms with Gasteiger partial charge in [-0.05, 0) is 62.4 Å². The lowest BCUT2D eigenvalue weighted by atomic mass is 10.2. The summed E-state index contributed by atoms with van der Waals surface area (Å²) >= 11 is 0. The van der Waals surface area contributed by atoms with Gasteiger partial charge in [-0.3, -0.25) is 9.59 Å². The van der Waals surface area contributed by atoms with Gasteiger partial charge in [0.05, 0.1) is 0 Å². The van der Waals surface area contributed by atoms with Crippen molar-refractivity contribution in [2.45, 2.75) is 50.9 Å². The number of rotatable bonds is 8. The molecular formula is C25H26N6O2. The Hall–Kier alpha value is -3.68. The van der Waals surface area contributed by atoms with Crippen LogP contribution in [0.15, 0.2) is 48.8 Å². The normalized spacial score (nSPS) is 15.2. The first-order valence-corrected chi connectivity index (χ1v) is 11.5. The second kappa shape index (κ2) is 9.05. The molecule has 2 heterocycles. The number of carbonyl (C=O) groups is 2. The highest BCUT2D eigenvalue weighted by atomic mass is 16.2. The molecule has 0 atom stereocenters. The van der Waals surface area contributed by atoms with Gasteiger partial charge in [-0.15, -0.1) is 0 Å². The zero-order valence-electron chi connectivity index (χ0n) is 18.6. The number of aromatic nitrogens is 4. The van der Waals surface area contributed by atoms with Crippen LogP contribution < -0.4 is 10.2 Å². The Morgan fingerprint density at radius 3 is 2.21 bits per heavy atom. The summed E-state index contributed by atoms with van der Waals surface area (Å²) in [5.74, 6) is 1.75. The number of carbonyl (C=O) groups excluding carboxylic acids is 2. The van der Waals surface area contributed by atoms with Gasteiger partial charge in [0.25, 0.3) is 11.8 Å². The topological polar surface area (TPSA) is 101 Å². The Morgan fingerprint density at radius 1 is 0.939 bits per heavy atom. The van der Waals surface area contributed by atoms with Crippen LogP contribution in [0.3, 0.4) is 0 Å². The molecule has 5 rings (SSSR count). The molecule has 168 valence electrons. The molecule has 0 radical (unpaired) electrons. The third-order valence-corrected chi connectivity index (χ3v) is 5.79. The van der Waals surface area contributed by atoms with Crippen molar-refractivity contribution >= 4 is 23.2 Å². The average molecular weight is 443 g/mol. The maximum atomic E-state index is 13.3. The first-order chi connectivity index (χ1) is 16.1. The highest BCUT2D eigenvalue weighted by Crippen LogP contribution is 2.38. The monoisotopic (exact) mass is 442 g/mol. The van der Waals surface area contributed by atoms with Crippen molar-refractivity contribution in [1.82, 2.24) is 19.9 Å². The third kappa shape index (κ3) is 4.89. The van der Waals surface area contributed by atoms with Gasteiger partial charge in [-0.2, -0.15) is 0 Å². The zero-order valence-corrected chi connectivity index (χ0v) is 18.6. The van der Waals surface area contributed by atoms with E-state index in [0.29, 0.717) is 41.1 Å². The Kier molecular flexibility index (Phi) is 5.81. The summed E-state index contributed by atoms with van der Waals surface area (Å²) in [5.41, 5.74) is 2.03. The van der Waals surface area contributed by atoms with Gasteiger partial charge in [-0.1, -0.05) is 13.0 Å². The van der Waals surface area contributed by atoms with E-state index in [1.807, 2.05) is 19.1 Å². The van der Waals surface area contributed by atoms with E-state index in [1.54, 1.807) is 41.6 Å². The van der Waals surface area contributed by atoms with Crippen LogP contribution in [0, 0.1) is 0 Å². The molecule has 0 aliphatic heterocycles. The minimum Gasteiger partial charge on any atom is -0.321 e. The molecule has 2 amide bonds. The fourth-order valence-corrected chi connectivity index (χ4v) is 3.73. The van der Waals surface area contributed by atoms with Crippen molar-refractivity contribution in [3.05, 3.63) is 71.8 Å². The summed E-state index contributed by atoms with van der Waals surface area (Å²) in [4.78, 5) is 45.3. The molecule has 1 aromatic carbocycles. The van der Waals surface area contributed by atoms with Crippen molar-refractivity contribution in [1.29, 1.82) is 0 Å². The fourth-order valence-electron chi connectivity index (χ4n) is 3.73. The Labute approximate surface area is 192 Å². The van der Waals surface area contributed by atoms with Crippen molar-refractivity contribution < 1.29 is 9.59 Å². The molecule has 2 saturated carbocycles. The lowest BCUT2D eigenvalue weighted by Crippen LogP contribution is -2.32. The Morgan fingerprint density at radius 2 is 1.58 bits per heavy atom. The summed E-state index contributed by atoms with van der Waals surface area (Å²) in [7, 11) is 0. The van der Waals surface area contributed by atoms with Crippen LogP contribution in [-0.4, -0.2) is 38.3 Å². The molecule has 2 aliphatic carbocycles. The SMILES string of the molecule is CCCN(C(=O)c1ccnc(C2CC2)n1)c1cccc(NC(=O)c2ccnc(C3CC3)n2)c1. The first kappa shape index (κ1) is 21.2. The summed E-state index contributed by atoms with van der Waals surface area (Å²) in [6.07, 6.45) is 8.37. The average Bonchev–Trinajstić information content (AvgIpc) is 3.75. The number of benzene rings is 1. The molecule has 2 aliphatic rings. The maximum absolute atomic E-state index is 13.3. The van der Waals surface area contributed by atoms with Gasteiger partial charge in [0.1, 0.15) is 23.0 Å². The van der Waals surface area contributed by atoms with Gasteiger partial charge < -0.3 is 10.2 Å². The highest BCUT2D eigenvalue weighted by molar-refractivity contribution is 6.06. The predicted octanol–water partition coefficient (Wildman–Crippen LogP) is 4.33. The molecule has 2 fully saturated rings. The molecule has 2 aromatic heterocycles. The van der Waals surface area contributed by atoms with Crippen LogP contribution in [0.4, 0.5) is 11.4 Å². The van der Waals surface area contributed by atoms with E-state index in [1.165, 1.54) is 0 Å². The highest BCUT2D eigenvalue weighted by Gasteiger charge is 2.29. The molecular weight excluding hydrogens is 416 g/mol. The van der Waals surface area contributed by atoms with E-state index >= 15 is 0 Å². The molecule has 0 saturated heterocycles. The number of nitrogens with zero attached hydrogens (tertiary/aromatic N) is 5. The van der Waals surface area contributed by atoms with E-state index in [2.05, 4.69) is 25.3 Å². The number of nitrogens with one attached hydrogen (secondary N) is 1. The Bertz CT molecular complexity index is 1190.